The lowest BCUT2D eigenvalue weighted by Gasteiger charge is -2.41. The first-order chi connectivity index (χ1) is 7.71. The highest BCUT2D eigenvalue weighted by Gasteiger charge is 2.51. The topological polar surface area (TPSA) is 157 Å². The van der Waals surface area contributed by atoms with E-state index in [2.05, 4.69) is 9.05 Å². The molecule has 1 aliphatic rings. The summed E-state index contributed by atoms with van der Waals surface area (Å²) in [6, 6.07) is 0. The van der Waals surface area contributed by atoms with Gasteiger partial charge in [0.05, 0.1) is 0 Å². The van der Waals surface area contributed by atoms with Gasteiger partial charge in [-0.25, -0.2) is 4.57 Å². The third kappa shape index (κ3) is 3.02. The molecule has 1 rings (SSSR count). The summed E-state index contributed by atoms with van der Waals surface area (Å²) >= 11 is 0. The van der Waals surface area contributed by atoms with Crippen molar-refractivity contribution in [1.29, 1.82) is 0 Å². The summed E-state index contributed by atoms with van der Waals surface area (Å²) in [6.07, 6.45) is -10.9. The van der Waals surface area contributed by atoms with Crippen LogP contribution in [0.5, 0.6) is 0 Å². The van der Waals surface area contributed by atoms with Crippen LogP contribution in [0, 0.1) is 0 Å². The maximum absolute atomic E-state index is 11.1. The highest BCUT2D eigenvalue weighted by atomic mass is 31.2. The molecule has 0 aromatic heterocycles. The van der Waals surface area contributed by atoms with E-state index in [0.29, 0.717) is 0 Å². The Balaban J connectivity index is 2.87. The molecule has 0 aliphatic heterocycles. The summed E-state index contributed by atoms with van der Waals surface area (Å²) in [6.45, 7) is 0. The average Bonchev–Trinajstić information content (AvgIpc) is 2.30. The predicted molar refractivity (Wildman–Crippen MR) is 51.7 cm³/mol. The number of aliphatic hydroxyl groups excluding tert-OH is 5. The van der Waals surface area contributed by atoms with Crippen LogP contribution in [0.15, 0.2) is 0 Å². The Morgan fingerprint density at radius 3 is 1.59 bits per heavy atom. The highest BCUT2D eigenvalue weighted by molar-refractivity contribution is 7.47. The minimum Gasteiger partial charge on any atom is -0.387 e. The van der Waals surface area contributed by atoms with Crippen molar-refractivity contribution in [3.63, 3.8) is 0 Å². The van der Waals surface area contributed by atoms with E-state index in [1.165, 1.54) is 0 Å². The molecule has 1 fully saturated rings. The molecule has 0 radical (unpaired) electrons. The summed E-state index contributed by atoms with van der Waals surface area (Å²) in [5.74, 6) is 0. The maximum Gasteiger partial charge on any atom is 0.472 e. The van der Waals surface area contributed by atoms with Gasteiger partial charge in [0.1, 0.15) is 36.6 Å². The van der Waals surface area contributed by atoms with Gasteiger partial charge in [-0.2, -0.15) is 0 Å². The number of hydrogen-bond acceptors (Lipinski definition) is 8. The normalized spacial score (nSPS) is 46.5. The van der Waals surface area contributed by atoms with Crippen molar-refractivity contribution >= 4 is 7.82 Å². The second-order valence-electron chi connectivity index (χ2n) is 3.67. The van der Waals surface area contributed by atoms with Crippen molar-refractivity contribution in [2.75, 3.05) is 7.11 Å². The van der Waals surface area contributed by atoms with Crippen LogP contribution in [0.2, 0.25) is 0 Å². The minimum absolute atomic E-state index is 0.865. The van der Waals surface area contributed by atoms with E-state index < -0.39 is 44.4 Å². The molecule has 0 heterocycles. The zero-order valence-electron chi connectivity index (χ0n) is 8.82. The Labute approximate surface area is 96.5 Å². The molecule has 1 saturated carbocycles. The summed E-state index contributed by atoms with van der Waals surface area (Å²) in [5.41, 5.74) is 0. The molecule has 9 nitrogen and oxygen atoms in total. The van der Waals surface area contributed by atoms with Crippen LogP contribution < -0.4 is 0 Å². The summed E-state index contributed by atoms with van der Waals surface area (Å²) in [5, 5.41) is 46.8. The lowest BCUT2D eigenvalue weighted by molar-refractivity contribution is -0.219. The molecule has 102 valence electrons. The molecule has 6 N–H and O–H groups in total. The quantitative estimate of drug-likeness (QED) is 0.294. The molecule has 0 aromatic rings. The summed E-state index contributed by atoms with van der Waals surface area (Å²) in [4.78, 5) is 9.01. The third-order valence-corrected chi connectivity index (χ3v) is 3.53. The van der Waals surface area contributed by atoms with Gasteiger partial charge in [-0.3, -0.25) is 9.05 Å². The summed E-state index contributed by atoms with van der Waals surface area (Å²) < 4.78 is 19.6. The van der Waals surface area contributed by atoms with E-state index in [9.17, 15) is 30.1 Å². The van der Waals surface area contributed by atoms with Gasteiger partial charge in [-0.15, -0.1) is 0 Å². The van der Waals surface area contributed by atoms with Crippen LogP contribution >= 0.6 is 7.82 Å². The van der Waals surface area contributed by atoms with Gasteiger partial charge in [0.2, 0.25) is 0 Å². The number of phosphoric ester groups is 1. The van der Waals surface area contributed by atoms with Gasteiger partial charge >= 0.3 is 7.82 Å². The fraction of sp³-hybridized carbons (Fsp3) is 1.00. The Kier molecular flexibility index (Phi) is 4.64. The first-order valence-electron chi connectivity index (χ1n) is 4.68. The number of hydrogen-bond donors (Lipinski definition) is 6. The van der Waals surface area contributed by atoms with Crippen LogP contribution in [-0.4, -0.2) is 74.2 Å². The summed E-state index contributed by atoms with van der Waals surface area (Å²) in [7, 11) is -3.65. The number of aliphatic hydroxyl groups is 5. The number of phosphoric acid groups is 1. The minimum atomic E-state index is -4.51. The van der Waals surface area contributed by atoms with Gasteiger partial charge < -0.3 is 30.4 Å². The fourth-order valence-electron chi connectivity index (χ4n) is 1.52. The Morgan fingerprint density at radius 1 is 0.882 bits per heavy atom. The molecule has 4 unspecified atom stereocenters. The third-order valence-electron chi connectivity index (χ3n) is 2.56. The second-order valence-corrected chi connectivity index (χ2v) is 5.19. The standard InChI is InChI=1S/C7H15O9P/c1-15-17(13,14)16-7-5(11)3(9)2(8)4(10)6(7)12/h2-12H,1H3,(H,13,14)/t2?,3-,4+,5-,6?,7?/m1/s1. The lowest BCUT2D eigenvalue weighted by Crippen LogP contribution is -2.64. The molecule has 0 aromatic carbocycles. The van der Waals surface area contributed by atoms with E-state index >= 15 is 0 Å². The molecular weight excluding hydrogens is 259 g/mol. The van der Waals surface area contributed by atoms with Crippen molar-refractivity contribution in [2.24, 2.45) is 0 Å². The first kappa shape index (κ1) is 15.0. The van der Waals surface area contributed by atoms with Crippen LogP contribution in [0.3, 0.4) is 0 Å². The largest absolute Gasteiger partial charge is 0.472 e. The molecule has 1 aliphatic carbocycles. The van der Waals surface area contributed by atoms with Gasteiger partial charge in [-0.1, -0.05) is 0 Å². The van der Waals surface area contributed by atoms with Gasteiger partial charge in [0, 0.05) is 7.11 Å². The molecular formula is C7H15O9P. The van der Waals surface area contributed by atoms with Crippen LogP contribution in [0.4, 0.5) is 0 Å². The Morgan fingerprint density at radius 2 is 1.24 bits per heavy atom. The van der Waals surface area contributed by atoms with Crippen molar-refractivity contribution in [2.45, 2.75) is 36.6 Å². The van der Waals surface area contributed by atoms with Gasteiger partial charge in [-0.05, 0) is 0 Å². The molecule has 17 heavy (non-hydrogen) atoms. The monoisotopic (exact) mass is 274 g/mol. The van der Waals surface area contributed by atoms with E-state index in [-0.39, 0.29) is 0 Å². The molecule has 0 bridgehead atoms. The number of rotatable bonds is 3. The smallest absolute Gasteiger partial charge is 0.387 e. The first-order valence-corrected chi connectivity index (χ1v) is 6.18. The van der Waals surface area contributed by atoms with E-state index in [1.807, 2.05) is 0 Å². The zero-order chi connectivity index (χ0) is 13.4. The molecule has 10 heteroatoms. The molecule has 0 spiro atoms. The second kappa shape index (κ2) is 5.27. The van der Waals surface area contributed by atoms with Gasteiger partial charge in [0.15, 0.2) is 0 Å². The van der Waals surface area contributed by atoms with Crippen LogP contribution in [0.1, 0.15) is 0 Å². The predicted octanol–water partition coefficient (Wildman–Crippen LogP) is -3.06. The molecule has 0 saturated heterocycles. The van der Waals surface area contributed by atoms with E-state index in [0.717, 1.165) is 7.11 Å². The maximum atomic E-state index is 11.1. The van der Waals surface area contributed by atoms with Crippen LogP contribution in [-0.2, 0) is 13.6 Å². The van der Waals surface area contributed by atoms with Crippen molar-refractivity contribution in [1.82, 2.24) is 0 Å². The van der Waals surface area contributed by atoms with Crippen molar-refractivity contribution in [3.8, 4) is 0 Å². The van der Waals surface area contributed by atoms with Crippen molar-refractivity contribution < 1.29 is 44.0 Å². The highest BCUT2D eigenvalue weighted by Crippen LogP contribution is 2.45. The average molecular weight is 274 g/mol. The van der Waals surface area contributed by atoms with Crippen LogP contribution in [0.25, 0.3) is 0 Å². The molecule has 0 amide bonds. The fourth-order valence-corrected chi connectivity index (χ4v) is 2.16. The Bertz CT molecular complexity index is 294. The Hall–Kier alpha value is -0.0900. The SMILES string of the molecule is COP(=O)(O)OC1C(O)[C@@H](O)C(O)[C@@H](O)[C@H]1O. The van der Waals surface area contributed by atoms with Gasteiger partial charge in [0.25, 0.3) is 0 Å². The van der Waals surface area contributed by atoms with E-state index in [4.69, 9.17) is 4.89 Å². The lowest BCUT2D eigenvalue weighted by atomic mass is 9.85. The zero-order valence-corrected chi connectivity index (χ0v) is 9.71. The van der Waals surface area contributed by atoms with Crippen molar-refractivity contribution in [3.05, 3.63) is 0 Å². The molecule has 7 atom stereocenters. The van der Waals surface area contributed by atoms with E-state index in [1.54, 1.807) is 0 Å².